The number of likely N-dealkylation sites (N-methyl/N-ethyl adjacent to an activating group) is 1. The highest BCUT2D eigenvalue weighted by atomic mass is 16.5. The minimum atomic E-state index is -0.613. The highest BCUT2D eigenvalue weighted by Crippen LogP contribution is 2.26. The number of benzene rings is 1. The van der Waals surface area contributed by atoms with Gasteiger partial charge in [0.1, 0.15) is 11.7 Å². The van der Waals surface area contributed by atoms with Gasteiger partial charge in [0.2, 0.25) is 17.6 Å². The van der Waals surface area contributed by atoms with Gasteiger partial charge in [-0.2, -0.15) is 0 Å². The molecule has 3 amide bonds. The lowest BCUT2D eigenvalue weighted by Crippen LogP contribution is -2.56. The quantitative estimate of drug-likeness (QED) is 0.364. The van der Waals surface area contributed by atoms with Gasteiger partial charge in [-0.3, -0.25) is 18.8 Å². The molecule has 218 valence electrons. The monoisotopic (exact) mass is 561 g/mol. The molecular weight excluding hydrogens is 522 g/mol. The molecule has 1 aromatic carbocycles. The van der Waals surface area contributed by atoms with Crippen LogP contribution in [0, 0.1) is 5.92 Å². The molecule has 2 aliphatic rings. The van der Waals surface area contributed by atoms with Gasteiger partial charge in [0.05, 0.1) is 6.54 Å². The van der Waals surface area contributed by atoms with Crippen LogP contribution in [0.25, 0.3) is 5.78 Å². The van der Waals surface area contributed by atoms with E-state index in [2.05, 4.69) is 32.7 Å². The van der Waals surface area contributed by atoms with Gasteiger partial charge in [-0.05, 0) is 56.7 Å². The number of fused-ring (bicyclic) bond motifs is 1. The SMILES string of the molecule is CNCC(=O)NC(C(=O)N1CCCC1CN(CCc1ccccc1)C(=O)c1cn2cccnc2n1)C1CCOCC1. The van der Waals surface area contributed by atoms with E-state index in [4.69, 9.17) is 4.74 Å². The number of imidazole rings is 1. The van der Waals surface area contributed by atoms with E-state index in [0.717, 1.165) is 31.2 Å². The number of rotatable bonds is 11. The van der Waals surface area contributed by atoms with Gasteiger partial charge in [-0.25, -0.2) is 9.97 Å². The van der Waals surface area contributed by atoms with E-state index >= 15 is 0 Å². The number of hydrogen-bond donors (Lipinski definition) is 2. The molecule has 0 bridgehead atoms. The number of carbonyl (C=O) groups is 3. The van der Waals surface area contributed by atoms with Crippen LogP contribution in [0.5, 0.6) is 0 Å². The normalized spacial score (nSPS) is 18.4. The number of nitrogens with zero attached hydrogens (tertiary/aromatic N) is 5. The molecule has 2 aromatic heterocycles. The minimum absolute atomic E-state index is 0.0135. The molecule has 0 aliphatic carbocycles. The Bertz CT molecular complexity index is 1290. The summed E-state index contributed by atoms with van der Waals surface area (Å²) in [6.45, 7) is 2.79. The van der Waals surface area contributed by atoms with E-state index in [1.807, 2.05) is 34.2 Å². The van der Waals surface area contributed by atoms with Gasteiger partial charge in [0, 0.05) is 57.5 Å². The summed E-state index contributed by atoms with van der Waals surface area (Å²) in [7, 11) is 1.71. The van der Waals surface area contributed by atoms with E-state index in [-0.39, 0.29) is 36.2 Å². The topological polar surface area (TPSA) is 121 Å². The maximum Gasteiger partial charge on any atom is 0.274 e. The Labute approximate surface area is 240 Å². The lowest BCUT2D eigenvalue weighted by Gasteiger charge is -2.36. The number of amides is 3. The Kier molecular flexibility index (Phi) is 9.58. The summed E-state index contributed by atoms with van der Waals surface area (Å²) in [6, 6.07) is 11.1. The molecular formula is C30H39N7O4. The first kappa shape index (κ1) is 28.7. The van der Waals surface area contributed by atoms with Crippen LogP contribution in [-0.2, 0) is 20.7 Å². The van der Waals surface area contributed by atoms with Crippen LogP contribution in [0.4, 0.5) is 0 Å². The van der Waals surface area contributed by atoms with Gasteiger partial charge in [-0.1, -0.05) is 30.3 Å². The predicted molar refractivity (Wildman–Crippen MR) is 153 cm³/mol. The van der Waals surface area contributed by atoms with Crippen molar-refractivity contribution < 1.29 is 19.1 Å². The van der Waals surface area contributed by atoms with Crippen molar-refractivity contribution in [1.29, 1.82) is 0 Å². The van der Waals surface area contributed by atoms with Crippen LogP contribution in [0.1, 0.15) is 41.7 Å². The molecule has 2 N–H and O–H groups in total. The third-order valence-corrected chi connectivity index (χ3v) is 8.00. The predicted octanol–water partition coefficient (Wildman–Crippen LogP) is 1.54. The van der Waals surface area contributed by atoms with Gasteiger partial charge < -0.3 is 25.2 Å². The Hall–Kier alpha value is -3.83. The van der Waals surface area contributed by atoms with Crippen molar-refractivity contribution in [3.8, 4) is 0 Å². The number of aromatic nitrogens is 3. The highest BCUT2D eigenvalue weighted by Gasteiger charge is 2.39. The third kappa shape index (κ3) is 7.09. The molecule has 11 heteroatoms. The smallest absolute Gasteiger partial charge is 0.274 e. The fourth-order valence-corrected chi connectivity index (χ4v) is 5.84. The first-order valence-electron chi connectivity index (χ1n) is 14.5. The number of ether oxygens (including phenoxy) is 1. The molecule has 2 fully saturated rings. The molecule has 0 radical (unpaired) electrons. The zero-order valence-corrected chi connectivity index (χ0v) is 23.6. The van der Waals surface area contributed by atoms with Crippen molar-refractivity contribution >= 4 is 23.5 Å². The number of carbonyl (C=O) groups excluding carboxylic acids is 3. The lowest BCUT2D eigenvalue weighted by molar-refractivity contribution is -0.139. The van der Waals surface area contributed by atoms with Gasteiger partial charge in [0.25, 0.3) is 5.91 Å². The van der Waals surface area contributed by atoms with Crippen LogP contribution in [0.3, 0.4) is 0 Å². The number of likely N-dealkylation sites (tertiary alicyclic amines) is 1. The van der Waals surface area contributed by atoms with E-state index in [9.17, 15) is 14.4 Å². The van der Waals surface area contributed by atoms with E-state index in [1.165, 1.54) is 0 Å². The summed E-state index contributed by atoms with van der Waals surface area (Å²) in [5, 5.41) is 5.87. The summed E-state index contributed by atoms with van der Waals surface area (Å²) >= 11 is 0. The zero-order chi connectivity index (χ0) is 28.6. The summed E-state index contributed by atoms with van der Waals surface area (Å²) < 4.78 is 7.27. The average Bonchev–Trinajstić information content (AvgIpc) is 3.66. The summed E-state index contributed by atoms with van der Waals surface area (Å²) in [5.74, 6) is 0.0197. The Morgan fingerprint density at radius 2 is 1.93 bits per heavy atom. The zero-order valence-electron chi connectivity index (χ0n) is 23.6. The van der Waals surface area contributed by atoms with Crippen molar-refractivity contribution in [3.63, 3.8) is 0 Å². The first-order chi connectivity index (χ1) is 20.0. The molecule has 0 spiro atoms. The molecule has 2 atom stereocenters. The van der Waals surface area contributed by atoms with Gasteiger partial charge in [-0.15, -0.1) is 0 Å². The lowest BCUT2D eigenvalue weighted by atomic mass is 9.90. The summed E-state index contributed by atoms with van der Waals surface area (Å²) in [5.41, 5.74) is 1.46. The van der Waals surface area contributed by atoms with Crippen LogP contribution in [-0.4, -0.2) is 100 Å². The van der Waals surface area contributed by atoms with Gasteiger partial charge in [0.15, 0.2) is 0 Å². The Morgan fingerprint density at radius 1 is 1.12 bits per heavy atom. The van der Waals surface area contributed by atoms with Crippen LogP contribution in [0.15, 0.2) is 55.0 Å². The second kappa shape index (κ2) is 13.7. The molecule has 5 rings (SSSR count). The molecule has 41 heavy (non-hydrogen) atoms. The first-order valence-corrected chi connectivity index (χ1v) is 14.5. The maximum absolute atomic E-state index is 14.0. The van der Waals surface area contributed by atoms with Crippen molar-refractivity contribution in [2.45, 2.75) is 44.2 Å². The maximum atomic E-state index is 14.0. The Morgan fingerprint density at radius 3 is 2.68 bits per heavy atom. The van der Waals surface area contributed by atoms with E-state index < -0.39 is 6.04 Å². The fraction of sp³-hybridized carbons (Fsp3) is 0.500. The molecule has 2 unspecified atom stereocenters. The van der Waals surface area contributed by atoms with Crippen molar-refractivity contribution in [2.24, 2.45) is 5.92 Å². The van der Waals surface area contributed by atoms with Crippen molar-refractivity contribution in [2.75, 3.05) is 46.4 Å². The fourth-order valence-electron chi connectivity index (χ4n) is 5.84. The van der Waals surface area contributed by atoms with Crippen molar-refractivity contribution in [3.05, 3.63) is 66.2 Å². The van der Waals surface area contributed by atoms with Crippen LogP contribution in [0.2, 0.25) is 0 Å². The van der Waals surface area contributed by atoms with Crippen LogP contribution < -0.4 is 10.6 Å². The van der Waals surface area contributed by atoms with Crippen molar-refractivity contribution in [1.82, 2.24) is 34.8 Å². The Balaban J connectivity index is 1.35. The minimum Gasteiger partial charge on any atom is -0.381 e. The average molecular weight is 562 g/mol. The molecule has 4 heterocycles. The molecule has 11 nitrogen and oxygen atoms in total. The molecule has 2 aliphatic heterocycles. The second-order valence-corrected chi connectivity index (χ2v) is 10.8. The number of hydrogen-bond acceptors (Lipinski definition) is 7. The number of nitrogens with one attached hydrogen (secondary N) is 2. The molecule has 0 saturated carbocycles. The van der Waals surface area contributed by atoms with E-state index in [1.54, 1.807) is 29.9 Å². The summed E-state index contributed by atoms with van der Waals surface area (Å²) in [4.78, 5) is 52.9. The molecule has 2 saturated heterocycles. The molecule has 3 aromatic rings. The third-order valence-electron chi connectivity index (χ3n) is 8.00. The highest BCUT2D eigenvalue weighted by molar-refractivity contribution is 5.93. The van der Waals surface area contributed by atoms with E-state index in [0.29, 0.717) is 50.7 Å². The largest absolute Gasteiger partial charge is 0.381 e. The van der Waals surface area contributed by atoms with Gasteiger partial charge >= 0.3 is 0 Å². The standard InChI is InChI=1S/C30H39N7O4/c1-31-19-26(38)34-27(23-11-17-41-18-12-23)29(40)37-15-5-9-24(37)20-35(16-10-22-7-3-2-4-8-22)28(39)25-21-36-14-6-13-32-30(36)33-25/h2-4,6-8,13-14,21,23-24,27,31H,5,9-12,15-20H2,1H3,(H,34,38). The van der Waals surface area contributed by atoms with Crippen LogP contribution >= 0.6 is 0 Å². The second-order valence-electron chi connectivity index (χ2n) is 10.8. The summed E-state index contributed by atoms with van der Waals surface area (Å²) in [6.07, 6.45) is 8.93.